The maximum atomic E-state index is 13.6. The molecule has 0 aliphatic carbocycles. The molecule has 0 bridgehead atoms. The molecular formula is C9H11FN2O5S. The van der Waals surface area contributed by atoms with Gasteiger partial charge in [-0.15, -0.1) is 0 Å². The molecule has 0 aromatic heterocycles. The smallest absolute Gasteiger partial charge is 0.274 e. The minimum atomic E-state index is -4.31. The number of nitro groups is 1. The summed E-state index contributed by atoms with van der Waals surface area (Å²) in [6.07, 6.45) is 0.514. The molecule has 0 heterocycles. The quantitative estimate of drug-likeness (QED) is 0.641. The summed E-state index contributed by atoms with van der Waals surface area (Å²) in [5.41, 5.74) is -0.708. The van der Waals surface area contributed by atoms with Crippen molar-refractivity contribution in [2.75, 3.05) is 6.61 Å². The summed E-state index contributed by atoms with van der Waals surface area (Å²) in [5.74, 6) is -1.73. The lowest BCUT2D eigenvalue weighted by Crippen LogP contribution is -2.15. The van der Waals surface area contributed by atoms with E-state index in [-0.39, 0.29) is 6.61 Å². The highest BCUT2D eigenvalue weighted by Crippen LogP contribution is 2.31. The highest BCUT2D eigenvalue weighted by atomic mass is 32.2. The summed E-state index contributed by atoms with van der Waals surface area (Å²) < 4.78 is 41.0. The molecule has 0 aliphatic heterocycles. The van der Waals surface area contributed by atoms with E-state index in [1.807, 2.05) is 0 Å². The summed E-state index contributed by atoms with van der Waals surface area (Å²) in [6, 6.07) is 1.25. The van der Waals surface area contributed by atoms with E-state index in [1.54, 1.807) is 6.92 Å². The van der Waals surface area contributed by atoms with Crippen molar-refractivity contribution < 1.29 is 22.5 Å². The molecule has 0 radical (unpaired) electrons. The number of hydrogen-bond acceptors (Lipinski definition) is 5. The number of nitrogens with two attached hydrogens (primary N) is 1. The van der Waals surface area contributed by atoms with E-state index >= 15 is 0 Å². The first-order valence-electron chi connectivity index (χ1n) is 4.91. The fourth-order valence-corrected chi connectivity index (χ4v) is 1.92. The first kappa shape index (κ1) is 14.3. The number of hydrogen-bond donors (Lipinski definition) is 1. The highest BCUT2D eigenvalue weighted by molar-refractivity contribution is 7.89. The van der Waals surface area contributed by atoms with Crippen molar-refractivity contribution in [3.8, 4) is 5.75 Å². The third kappa shape index (κ3) is 3.14. The van der Waals surface area contributed by atoms with E-state index < -0.39 is 37.1 Å². The molecule has 2 N–H and O–H groups in total. The number of ether oxygens (including phenoxy) is 1. The van der Waals surface area contributed by atoms with Crippen LogP contribution in [0.4, 0.5) is 10.1 Å². The van der Waals surface area contributed by atoms with E-state index in [9.17, 15) is 22.9 Å². The standard InChI is InChI=1S/C9H11FN2O5S/c1-2-3-17-9-7(10)4-6(12(13)14)5-8(9)18(11,15)16/h4-5H,2-3H2,1H3,(H2,11,15,16). The molecule has 0 saturated heterocycles. The number of nitrogens with zero attached hydrogens (tertiary/aromatic N) is 1. The molecule has 0 aliphatic rings. The topological polar surface area (TPSA) is 113 Å². The second kappa shape index (κ2) is 5.27. The van der Waals surface area contributed by atoms with Crippen molar-refractivity contribution in [1.82, 2.24) is 0 Å². The van der Waals surface area contributed by atoms with Crippen LogP contribution in [0.5, 0.6) is 5.75 Å². The largest absolute Gasteiger partial charge is 0.489 e. The molecule has 18 heavy (non-hydrogen) atoms. The molecule has 0 atom stereocenters. The predicted octanol–water partition coefficient (Wildman–Crippen LogP) is 1.17. The van der Waals surface area contributed by atoms with Crippen molar-refractivity contribution >= 4 is 15.7 Å². The summed E-state index contributed by atoms with van der Waals surface area (Å²) in [4.78, 5) is 8.87. The normalized spacial score (nSPS) is 11.3. The molecule has 0 spiro atoms. The van der Waals surface area contributed by atoms with Gasteiger partial charge in [-0.25, -0.2) is 17.9 Å². The molecular weight excluding hydrogens is 267 g/mol. The van der Waals surface area contributed by atoms with Gasteiger partial charge >= 0.3 is 0 Å². The van der Waals surface area contributed by atoms with Crippen molar-refractivity contribution in [3.63, 3.8) is 0 Å². The van der Waals surface area contributed by atoms with E-state index in [0.29, 0.717) is 18.6 Å². The molecule has 9 heteroatoms. The molecule has 1 rings (SSSR count). The Bertz CT molecular complexity index is 573. The van der Waals surface area contributed by atoms with Gasteiger partial charge in [-0.05, 0) is 6.42 Å². The van der Waals surface area contributed by atoms with Gasteiger partial charge in [-0.1, -0.05) is 6.92 Å². The maximum Gasteiger partial charge on any atom is 0.274 e. The van der Waals surface area contributed by atoms with Crippen LogP contribution in [0.2, 0.25) is 0 Å². The lowest BCUT2D eigenvalue weighted by molar-refractivity contribution is -0.385. The second-order valence-corrected chi connectivity index (χ2v) is 4.94. The van der Waals surface area contributed by atoms with Crippen LogP contribution in [0.15, 0.2) is 17.0 Å². The predicted molar refractivity (Wildman–Crippen MR) is 60.2 cm³/mol. The Labute approximate surface area is 103 Å². The molecule has 100 valence electrons. The van der Waals surface area contributed by atoms with Crippen LogP contribution in [-0.2, 0) is 10.0 Å². The molecule has 0 amide bonds. The van der Waals surface area contributed by atoms with Gasteiger partial charge < -0.3 is 4.74 Å². The van der Waals surface area contributed by atoms with Gasteiger partial charge in [0.2, 0.25) is 10.0 Å². The number of sulfonamides is 1. The van der Waals surface area contributed by atoms with Gasteiger partial charge in [0.25, 0.3) is 5.69 Å². The fourth-order valence-electron chi connectivity index (χ4n) is 1.22. The monoisotopic (exact) mass is 278 g/mol. The average Bonchev–Trinajstić information content (AvgIpc) is 2.25. The summed E-state index contributed by atoms with van der Waals surface area (Å²) in [7, 11) is -4.31. The van der Waals surface area contributed by atoms with E-state index in [0.717, 1.165) is 0 Å². The molecule has 1 aromatic carbocycles. The molecule has 0 unspecified atom stereocenters. The van der Waals surface area contributed by atoms with E-state index in [4.69, 9.17) is 9.88 Å². The van der Waals surface area contributed by atoms with Crippen LogP contribution >= 0.6 is 0 Å². The zero-order chi connectivity index (χ0) is 13.9. The zero-order valence-electron chi connectivity index (χ0n) is 9.42. The molecule has 7 nitrogen and oxygen atoms in total. The SMILES string of the molecule is CCCOc1c(F)cc([N+](=O)[O-])cc1S(N)(=O)=O. The molecule has 1 aromatic rings. The van der Waals surface area contributed by atoms with Gasteiger partial charge in [0, 0.05) is 6.07 Å². The lowest BCUT2D eigenvalue weighted by atomic mass is 10.3. The lowest BCUT2D eigenvalue weighted by Gasteiger charge is -2.10. The van der Waals surface area contributed by atoms with Crippen LogP contribution in [0.3, 0.4) is 0 Å². The van der Waals surface area contributed by atoms with Gasteiger partial charge in [0.05, 0.1) is 17.6 Å². The first-order valence-corrected chi connectivity index (χ1v) is 6.45. The van der Waals surface area contributed by atoms with Gasteiger partial charge in [-0.2, -0.15) is 0 Å². The zero-order valence-corrected chi connectivity index (χ0v) is 10.2. The minimum Gasteiger partial charge on any atom is -0.489 e. The van der Waals surface area contributed by atoms with Gasteiger partial charge in [-0.3, -0.25) is 10.1 Å². The number of halogens is 1. The summed E-state index contributed by atoms with van der Waals surface area (Å²) >= 11 is 0. The van der Waals surface area contributed by atoms with E-state index in [1.165, 1.54) is 0 Å². The van der Waals surface area contributed by atoms with Crippen LogP contribution in [0.25, 0.3) is 0 Å². The Hall–Kier alpha value is -1.74. The third-order valence-corrected chi connectivity index (χ3v) is 2.88. The van der Waals surface area contributed by atoms with Crippen molar-refractivity contribution in [1.29, 1.82) is 0 Å². The summed E-state index contributed by atoms with van der Waals surface area (Å²) in [5, 5.41) is 15.4. The average molecular weight is 278 g/mol. The number of rotatable bonds is 5. The van der Waals surface area contributed by atoms with Gasteiger partial charge in [0.15, 0.2) is 11.6 Å². The Morgan fingerprint density at radius 2 is 2.11 bits per heavy atom. The van der Waals surface area contributed by atoms with Crippen molar-refractivity contribution in [2.24, 2.45) is 5.14 Å². The summed E-state index contributed by atoms with van der Waals surface area (Å²) in [6.45, 7) is 1.80. The minimum absolute atomic E-state index is 0.0667. The number of benzene rings is 1. The maximum absolute atomic E-state index is 13.6. The van der Waals surface area contributed by atoms with Crippen LogP contribution in [-0.4, -0.2) is 19.9 Å². The second-order valence-electron chi connectivity index (χ2n) is 3.41. The fraction of sp³-hybridized carbons (Fsp3) is 0.333. The van der Waals surface area contributed by atoms with Crippen LogP contribution in [0.1, 0.15) is 13.3 Å². The van der Waals surface area contributed by atoms with Crippen molar-refractivity contribution in [3.05, 3.63) is 28.1 Å². The molecule has 0 saturated carbocycles. The van der Waals surface area contributed by atoms with Crippen molar-refractivity contribution in [2.45, 2.75) is 18.2 Å². The Kier molecular flexibility index (Phi) is 4.19. The number of primary sulfonamides is 1. The van der Waals surface area contributed by atoms with Crippen LogP contribution < -0.4 is 9.88 Å². The Morgan fingerprint density at radius 1 is 1.50 bits per heavy atom. The van der Waals surface area contributed by atoms with E-state index in [2.05, 4.69) is 0 Å². The Morgan fingerprint density at radius 3 is 2.56 bits per heavy atom. The Balaban J connectivity index is 3.45. The highest BCUT2D eigenvalue weighted by Gasteiger charge is 2.24. The van der Waals surface area contributed by atoms with Crippen LogP contribution in [0, 0.1) is 15.9 Å². The third-order valence-electron chi connectivity index (χ3n) is 1.96. The van der Waals surface area contributed by atoms with Gasteiger partial charge in [0.1, 0.15) is 4.90 Å². The first-order chi connectivity index (χ1) is 8.27. The number of non-ortho nitro benzene ring substituents is 1. The molecule has 0 fully saturated rings. The number of nitro benzene ring substituents is 1.